The third-order valence-corrected chi connectivity index (χ3v) is 5.10. The molecule has 0 spiro atoms. The zero-order valence-corrected chi connectivity index (χ0v) is 15.2. The molecule has 4 rings (SSSR count). The summed E-state index contributed by atoms with van der Waals surface area (Å²) in [4.78, 5) is 2.48. The summed E-state index contributed by atoms with van der Waals surface area (Å²) >= 11 is 0. The van der Waals surface area contributed by atoms with E-state index in [1.807, 2.05) is 12.1 Å². The molecule has 0 radical (unpaired) electrons. The van der Waals surface area contributed by atoms with Gasteiger partial charge in [-0.25, -0.2) is 0 Å². The second-order valence-electron chi connectivity index (χ2n) is 6.52. The summed E-state index contributed by atoms with van der Waals surface area (Å²) in [5.74, 6) is 1.80. The SMILES string of the molecule is COc1ccc(C2c3ccc(OC)cc3CCN2c2ccccc2)cc1. The highest BCUT2D eigenvalue weighted by molar-refractivity contribution is 5.57. The van der Waals surface area contributed by atoms with E-state index in [9.17, 15) is 0 Å². The van der Waals surface area contributed by atoms with Gasteiger partial charge in [-0.1, -0.05) is 36.4 Å². The van der Waals surface area contributed by atoms with Crippen LogP contribution in [0.4, 0.5) is 5.69 Å². The van der Waals surface area contributed by atoms with Crippen LogP contribution in [0.15, 0.2) is 72.8 Å². The van der Waals surface area contributed by atoms with Crippen LogP contribution < -0.4 is 14.4 Å². The quantitative estimate of drug-likeness (QED) is 0.674. The standard InChI is InChI=1S/C23H23NO2/c1-25-20-10-8-17(9-11-20)23-22-13-12-21(26-2)16-18(22)14-15-24(23)19-6-4-3-5-7-19/h3-13,16,23H,14-15H2,1-2H3. The van der Waals surface area contributed by atoms with Gasteiger partial charge in [-0.05, 0) is 59.5 Å². The van der Waals surface area contributed by atoms with Crippen LogP contribution in [0.2, 0.25) is 0 Å². The normalized spacial score (nSPS) is 16.1. The van der Waals surface area contributed by atoms with E-state index in [1.54, 1.807) is 14.2 Å². The molecule has 3 aromatic rings. The van der Waals surface area contributed by atoms with E-state index in [-0.39, 0.29) is 6.04 Å². The van der Waals surface area contributed by atoms with Crippen LogP contribution in [0.5, 0.6) is 11.5 Å². The lowest BCUT2D eigenvalue weighted by molar-refractivity contribution is 0.413. The number of fused-ring (bicyclic) bond motifs is 1. The average Bonchev–Trinajstić information content (AvgIpc) is 2.73. The summed E-state index contributed by atoms with van der Waals surface area (Å²) in [6.07, 6.45) is 1.01. The Bertz CT molecular complexity index is 874. The summed E-state index contributed by atoms with van der Waals surface area (Å²) in [5, 5.41) is 0. The first kappa shape index (κ1) is 16.5. The van der Waals surface area contributed by atoms with E-state index in [4.69, 9.17) is 9.47 Å². The lowest BCUT2D eigenvalue weighted by Crippen LogP contribution is -2.36. The Morgan fingerprint density at radius 3 is 2.19 bits per heavy atom. The highest BCUT2D eigenvalue weighted by Gasteiger charge is 2.29. The van der Waals surface area contributed by atoms with Gasteiger partial charge >= 0.3 is 0 Å². The van der Waals surface area contributed by atoms with Crippen molar-refractivity contribution in [3.63, 3.8) is 0 Å². The van der Waals surface area contributed by atoms with E-state index in [0.29, 0.717) is 0 Å². The Balaban J connectivity index is 1.82. The van der Waals surface area contributed by atoms with Gasteiger partial charge in [0.2, 0.25) is 0 Å². The van der Waals surface area contributed by atoms with E-state index < -0.39 is 0 Å². The second-order valence-corrected chi connectivity index (χ2v) is 6.52. The first-order valence-electron chi connectivity index (χ1n) is 8.92. The smallest absolute Gasteiger partial charge is 0.119 e. The molecule has 0 saturated heterocycles. The number of para-hydroxylation sites is 1. The molecule has 1 unspecified atom stereocenters. The molecule has 0 amide bonds. The van der Waals surface area contributed by atoms with Crippen LogP contribution >= 0.6 is 0 Å². The van der Waals surface area contributed by atoms with E-state index in [0.717, 1.165) is 24.5 Å². The average molecular weight is 345 g/mol. The summed E-state index contributed by atoms with van der Waals surface area (Å²) in [5.41, 5.74) is 5.21. The van der Waals surface area contributed by atoms with E-state index >= 15 is 0 Å². The number of methoxy groups -OCH3 is 2. The fourth-order valence-corrected chi connectivity index (χ4v) is 3.77. The highest BCUT2D eigenvalue weighted by atomic mass is 16.5. The minimum atomic E-state index is 0.179. The molecule has 0 aliphatic carbocycles. The summed E-state index contributed by atoms with van der Waals surface area (Å²) < 4.78 is 10.8. The molecule has 0 fully saturated rings. The van der Waals surface area contributed by atoms with Crippen molar-refractivity contribution in [3.8, 4) is 11.5 Å². The van der Waals surface area contributed by atoms with Gasteiger partial charge in [0.05, 0.1) is 20.3 Å². The molecule has 26 heavy (non-hydrogen) atoms. The van der Waals surface area contributed by atoms with Crippen molar-refractivity contribution in [1.29, 1.82) is 0 Å². The maximum atomic E-state index is 5.43. The van der Waals surface area contributed by atoms with Gasteiger partial charge < -0.3 is 14.4 Å². The fraction of sp³-hybridized carbons (Fsp3) is 0.217. The van der Waals surface area contributed by atoms with Gasteiger partial charge in [-0.15, -0.1) is 0 Å². The van der Waals surface area contributed by atoms with Crippen molar-refractivity contribution in [2.75, 3.05) is 25.7 Å². The maximum Gasteiger partial charge on any atom is 0.119 e. The zero-order chi connectivity index (χ0) is 17.9. The summed E-state index contributed by atoms with van der Waals surface area (Å²) in [6, 6.07) is 25.7. The summed E-state index contributed by atoms with van der Waals surface area (Å²) in [7, 11) is 3.43. The lowest BCUT2D eigenvalue weighted by Gasteiger charge is -2.39. The molecule has 132 valence electrons. The lowest BCUT2D eigenvalue weighted by atomic mass is 9.87. The maximum absolute atomic E-state index is 5.43. The van der Waals surface area contributed by atoms with Crippen molar-refractivity contribution in [2.24, 2.45) is 0 Å². The fourth-order valence-electron chi connectivity index (χ4n) is 3.77. The van der Waals surface area contributed by atoms with Crippen LogP contribution in [0, 0.1) is 0 Å². The first-order chi connectivity index (χ1) is 12.8. The van der Waals surface area contributed by atoms with Gasteiger partial charge in [0.25, 0.3) is 0 Å². The molecule has 3 nitrogen and oxygen atoms in total. The van der Waals surface area contributed by atoms with Crippen LogP contribution in [-0.2, 0) is 6.42 Å². The minimum Gasteiger partial charge on any atom is -0.497 e. The van der Waals surface area contributed by atoms with Crippen molar-refractivity contribution in [2.45, 2.75) is 12.5 Å². The van der Waals surface area contributed by atoms with Crippen molar-refractivity contribution >= 4 is 5.69 Å². The van der Waals surface area contributed by atoms with Gasteiger partial charge in [-0.3, -0.25) is 0 Å². The third kappa shape index (κ3) is 3.01. The molecule has 1 heterocycles. The highest BCUT2D eigenvalue weighted by Crippen LogP contribution is 2.39. The Labute approximate surface area is 154 Å². The molecular formula is C23H23NO2. The second kappa shape index (κ2) is 7.12. The number of ether oxygens (including phenoxy) is 2. The van der Waals surface area contributed by atoms with Crippen LogP contribution in [0.1, 0.15) is 22.7 Å². The topological polar surface area (TPSA) is 21.7 Å². The van der Waals surface area contributed by atoms with Crippen molar-refractivity contribution in [3.05, 3.63) is 89.5 Å². The predicted molar refractivity (Wildman–Crippen MR) is 105 cm³/mol. The van der Waals surface area contributed by atoms with E-state index in [1.165, 1.54) is 22.4 Å². The minimum absolute atomic E-state index is 0.179. The third-order valence-electron chi connectivity index (χ3n) is 5.10. The Hall–Kier alpha value is -2.94. The Morgan fingerprint density at radius 2 is 1.50 bits per heavy atom. The Morgan fingerprint density at radius 1 is 0.808 bits per heavy atom. The largest absolute Gasteiger partial charge is 0.497 e. The molecule has 1 atom stereocenters. The molecule has 1 aliphatic rings. The molecule has 0 aromatic heterocycles. The monoisotopic (exact) mass is 345 g/mol. The number of rotatable bonds is 4. The van der Waals surface area contributed by atoms with E-state index in [2.05, 4.69) is 65.6 Å². The number of hydrogen-bond acceptors (Lipinski definition) is 3. The van der Waals surface area contributed by atoms with Crippen molar-refractivity contribution < 1.29 is 9.47 Å². The van der Waals surface area contributed by atoms with Crippen LogP contribution in [0.25, 0.3) is 0 Å². The molecular weight excluding hydrogens is 322 g/mol. The molecule has 1 aliphatic heterocycles. The molecule has 0 saturated carbocycles. The van der Waals surface area contributed by atoms with Crippen LogP contribution in [-0.4, -0.2) is 20.8 Å². The van der Waals surface area contributed by atoms with Gasteiger partial charge in [0, 0.05) is 12.2 Å². The molecule has 3 heteroatoms. The molecule has 0 N–H and O–H groups in total. The predicted octanol–water partition coefficient (Wildman–Crippen LogP) is 4.86. The molecule has 3 aromatic carbocycles. The zero-order valence-electron chi connectivity index (χ0n) is 15.2. The number of benzene rings is 3. The van der Waals surface area contributed by atoms with Gasteiger partial charge in [0.1, 0.15) is 11.5 Å². The van der Waals surface area contributed by atoms with Crippen LogP contribution in [0.3, 0.4) is 0 Å². The van der Waals surface area contributed by atoms with Crippen molar-refractivity contribution in [1.82, 2.24) is 0 Å². The first-order valence-corrected chi connectivity index (χ1v) is 8.92. The number of hydrogen-bond donors (Lipinski definition) is 0. The number of anilines is 1. The number of nitrogens with zero attached hydrogens (tertiary/aromatic N) is 1. The molecule has 0 bridgehead atoms. The summed E-state index contributed by atoms with van der Waals surface area (Å²) in [6.45, 7) is 0.973. The van der Waals surface area contributed by atoms with Gasteiger partial charge in [-0.2, -0.15) is 0 Å². The van der Waals surface area contributed by atoms with Gasteiger partial charge in [0.15, 0.2) is 0 Å². The Kier molecular flexibility index (Phi) is 4.53.